The molecular weight excluding hydrogens is 491 g/mol. The predicted molar refractivity (Wildman–Crippen MR) is 134 cm³/mol. The maximum Gasteiger partial charge on any atom is 0.344 e. The van der Waals surface area contributed by atoms with Crippen LogP contribution in [0.3, 0.4) is 0 Å². The van der Waals surface area contributed by atoms with Crippen LogP contribution in [0.4, 0.5) is 0 Å². The summed E-state index contributed by atoms with van der Waals surface area (Å²) in [5.41, 5.74) is 3.81. The molecule has 7 nitrogen and oxygen atoms in total. The van der Waals surface area contributed by atoms with Crippen LogP contribution in [-0.2, 0) is 22.4 Å². The van der Waals surface area contributed by atoms with Crippen LogP contribution in [0.2, 0.25) is 10.0 Å². The molecule has 0 bridgehead atoms. The fraction of sp³-hybridized carbons (Fsp3) is 0.346. The molecule has 2 aromatic heterocycles. The smallest absolute Gasteiger partial charge is 0.344 e. The third-order valence-corrected chi connectivity index (χ3v) is 6.05. The van der Waals surface area contributed by atoms with E-state index < -0.39 is 5.97 Å². The molecule has 0 radical (unpaired) electrons. The Kier molecular flexibility index (Phi) is 7.67. The highest BCUT2D eigenvalue weighted by molar-refractivity contribution is 6.36. The summed E-state index contributed by atoms with van der Waals surface area (Å²) in [5, 5.41) is 6.19. The van der Waals surface area contributed by atoms with E-state index in [0.29, 0.717) is 52.3 Å². The van der Waals surface area contributed by atoms with E-state index in [0.717, 1.165) is 28.1 Å². The molecule has 0 aliphatic rings. The van der Waals surface area contributed by atoms with Crippen LogP contribution < -0.4 is 4.74 Å². The highest BCUT2D eigenvalue weighted by Gasteiger charge is 2.20. The normalized spacial score (nSPS) is 11.4. The number of ether oxygens (including phenoxy) is 2. The monoisotopic (exact) mass is 516 g/mol. The third kappa shape index (κ3) is 5.63. The summed E-state index contributed by atoms with van der Waals surface area (Å²) in [6.45, 7) is 7.93. The first-order valence-electron chi connectivity index (χ1n) is 11.4. The summed E-state index contributed by atoms with van der Waals surface area (Å²) in [7, 11) is 0. The van der Waals surface area contributed by atoms with Gasteiger partial charge in [-0.25, -0.2) is 9.78 Å². The van der Waals surface area contributed by atoms with E-state index in [1.54, 1.807) is 31.2 Å². The Bertz CT molecular complexity index is 1360. The summed E-state index contributed by atoms with van der Waals surface area (Å²) in [4.78, 5) is 16.3. The lowest BCUT2D eigenvalue weighted by molar-refractivity contribution is -0.145. The average molecular weight is 517 g/mol. The van der Waals surface area contributed by atoms with Crippen LogP contribution >= 0.6 is 23.2 Å². The summed E-state index contributed by atoms with van der Waals surface area (Å²) in [6.07, 6.45) is 1.22. The first kappa shape index (κ1) is 25.1. The second-order valence-corrected chi connectivity index (χ2v) is 9.29. The number of esters is 1. The average Bonchev–Trinajstić information content (AvgIpc) is 3.40. The van der Waals surface area contributed by atoms with Gasteiger partial charge in [-0.3, -0.25) is 0 Å². The molecule has 4 rings (SSSR count). The zero-order valence-corrected chi connectivity index (χ0v) is 21.5. The molecule has 0 aliphatic carbocycles. The molecule has 2 heterocycles. The van der Waals surface area contributed by atoms with Crippen molar-refractivity contribution in [2.24, 2.45) is 0 Å². The van der Waals surface area contributed by atoms with Gasteiger partial charge in [0.15, 0.2) is 12.2 Å². The number of hydrogen-bond donors (Lipinski definition) is 0. The number of hydrogen-bond acceptors (Lipinski definition) is 7. The van der Waals surface area contributed by atoms with E-state index in [4.69, 9.17) is 46.6 Å². The molecule has 0 spiro atoms. The van der Waals surface area contributed by atoms with Crippen LogP contribution in [-0.4, -0.2) is 29.3 Å². The molecule has 0 saturated carbocycles. The van der Waals surface area contributed by atoms with Gasteiger partial charge in [0.1, 0.15) is 11.5 Å². The van der Waals surface area contributed by atoms with Crippen molar-refractivity contribution in [3.63, 3.8) is 0 Å². The van der Waals surface area contributed by atoms with Crippen molar-refractivity contribution < 1.29 is 23.2 Å². The maximum atomic E-state index is 11.6. The van der Waals surface area contributed by atoms with Gasteiger partial charge < -0.3 is 18.4 Å². The minimum atomic E-state index is -0.418. The molecule has 9 heteroatoms. The van der Waals surface area contributed by atoms with Crippen molar-refractivity contribution in [1.82, 2.24) is 10.1 Å². The molecule has 35 heavy (non-hydrogen) atoms. The summed E-state index contributed by atoms with van der Waals surface area (Å²) in [5.74, 6) is 1.56. The van der Waals surface area contributed by atoms with Crippen molar-refractivity contribution in [2.75, 3.05) is 13.2 Å². The van der Waals surface area contributed by atoms with E-state index in [1.165, 1.54) is 0 Å². The zero-order valence-electron chi connectivity index (χ0n) is 20.0. The number of carbonyl (C=O) groups is 1. The Morgan fingerprint density at radius 3 is 2.60 bits per heavy atom. The van der Waals surface area contributed by atoms with Gasteiger partial charge in [0.2, 0.25) is 5.89 Å². The number of carbonyl (C=O) groups excluding carboxylic acids is 1. The third-order valence-electron chi connectivity index (χ3n) is 5.51. The Morgan fingerprint density at radius 1 is 1.11 bits per heavy atom. The quantitative estimate of drug-likeness (QED) is 0.222. The minimum Gasteiger partial charge on any atom is -0.481 e. The molecule has 0 saturated heterocycles. The number of aromatic nitrogens is 2. The molecule has 2 aromatic carbocycles. The second kappa shape index (κ2) is 10.7. The lowest BCUT2D eigenvalue weighted by atomic mass is 10.0. The highest BCUT2D eigenvalue weighted by atomic mass is 35.5. The van der Waals surface area contributed by atoms with Gasteiger partial charge in [0, 0.05) is 22.4 Å². The number of oxazole rings is 1. The molecule has 4 aromatic rings. The molecule has 0 amide bonds. The second-order valence-electron chi connectivity index (χ2n) is 8.45. The van der Waals surface area contributed by atoms with Crippen molar-refractivity contribution in [1.29, 1.82) is 0 Å². The van der Waals surface area contributed by atoms with Crippen LogP contribution in [0, 0.1) is 6.92 Å². The zero-order chi connectivity index (χ0) is 25.1. The summed E-state index contributed by atoms with van der Waals surface area (Å²) < 4.78 is 22.2. The van der Waals surface area contributed by atoms with Crippen molar-refractivity contribution in [3.8, 4) is 17.2 Å². The lowest BCUT2D eigenvalue weighted by Crippen LogP contribution is -2.14. The minimum absolute atomic E-state index is 0.146. The van der Waals surface area contributed by atoms with Crippen LogP contribution in [0.5, 0.6) is 5.75 Å². The highest BCUT2D eigenvalue weighted by Crippen LogP contribution is 2.34. The van der Waals surface area contributed by atoms with Crippen molar-refractivity contribution in [2.45, 2.75) is 46.5 Å². The van der Waals surface area contributed by atoms with Gasteiger partial charge in [-0.2, -0.15) is 0 Å². The molecule has 0 atom stereocenters. The number of aryl methyl sites for hydroxylation is 3. The van der Waals surface area contributed by atoms with Gasteiger partial charge in [0.25, 0.3) is 0 Å². The van der Waals surface area contributed by atoms with Gasteiger partial charge in [-0.05, 0) is 56.5 Å². The molecular formula is C26H26Cl2N2O5. The van der Waals surface area contributed by atoms with E-state index in [2.05, 4.69) is 19.0 Å². The summed E-state index contributed by atoms with van der Waals surface area (Å²) >= 11 is 12.4. The largest absolute Gasteiger partial charge is 0.481 e. The molecule has 0 fully saturated rings. The van der Waals surface area contributed by atoms with Gasteiger partial charge in [-0.1, -0.05) is 42.2 Å². The van der Waals surface area contributed by atoms with E-state index in [9.17, 15) is 4.79 Å². The van der Waals surface area contributed by atoms with Gasteiger partial charge in [0.05, 0.1) is 28.6 Å². The number of fused-ring (bicyclic) bond motifs is 1. The molecule has 184 valence electrons. The lowest BCUT2D eigenvalue weighted by Gasteiger charge is -2.08. The van der Waals surface area contributed by atoms with E-state index >= 15 is 0 Å². The standard InChI is InChI=1S/C26H26Cl2N2O5/c1-5-32-24(31)13-33-22-12-23-18(10-15(22)4)20(30-35-23)8-9-21-25(14(2)3)34-26(29-21)17-7-6-16(27)11-19(17)28/h6-7,10-12,14H,5,8-9,13H2,1-4H3. The number of rotatable bonds is 9. The number of nitrogens with zero attached hydrogens (tertiary/aromatic N) is 2. The Labute approximate surface area is 213 Å². The predicted octanol–water partition coefficient (Wildman–Crippen LogP) is 6.95. The SMILES string of the molecule is CCOC(=O)COc1cc2onc(CCc3nc(-c4ccc(Cl)cc4Cl)oc3C(C)C)c2cc1C. The van der Waals surface area contributed by atoms with Gasteiger partial charge in [-0.15, -0.1) is 0 Å². The first-order valence-corrected chi connectivity index (χ1v) is 12.1. The van der Waals surface area contributed by atoms with Crippen LogP contribution in [0.15, 0.2) is 39.3 Å². The van der Waals surface area contributed by atoms with E-state index in [-0.39, 0.29) is 12.5 Å². The number of halogens is 2. The summed E-state index contributed by atoms with van der Waals surface area (Å²) in [6, 6.07) is 8.94. The van der Waals surface area contributed by atoms with Crippen molar-refractivity contribution in [3.05, 3.63) is 63.1 Å². The van der Waals surface area contributed by atoms with E-state index in [1.807, 2.05) is 13.0 Å². The first-order chi connectivity index (χ1) is 16.8. The molecule has 0 aliphatic heterocycles. The Balaban J connectivity index is 1.54. The van der Waals surface area contributed by atoms with Crippen LogP contribution in [0.25, 0.3) is 22.4 Å². The Hall–Kier alpha value is -3.03. The van der Waals surface area contributed by atoms with Crippen LogP contribution in [0.1, 0.15) is 49.4 Å². The molecule has 0 unspecified atom stereocenters. The van der Waals surface area contributed by atoms with Crippen molar-refractivity contribution >= 4 is 40.1 Å². The maximum absolute atomic E-state index is 11.6. The fourth-order valence-electron chi connectivity index (χ4n) is 3.81. The van der Waals surface area contributed by atoms with Gasteiger partial charge >= 0.3 is 5.97 Å². The molecule has 0 N–H and O–H groups in total. The Morgan fingerprint density at radius 2 is 1.89 bits per heavy atom. The fourth-order valence-corrected chi connectivity index (χ4v) is 4.30. The number of benzene rings is 2. The topological polar surface area (TPSA) is 87.6 Å².